The summed E-state index contributed by atoms with van der Waals surface area (Å²) in [7, 11) is 0. The molecule has 21 heavy (non-hydrogen) atoms. The van der Waals surface area contributed by atoms with Crippen LogP contribution in [-0.2, 0) is 6.42 Å². The molecule has 1 aromatic carbocycles. The first-order valence-electron chi connectivity index (χ1n) is 6.78. The number of benzene rings is 1. The predicted octanol–water partition coefficient (Wildman–Crippen LogP) is 2.76. The van der Waals surface area contributed by atoms with Crippen LogP contribution in [0.5, 0.6) is 0 Å². The number of aliphatic hydroxyl groups is 1. The van der Waals surface area contributed by atoms with Gasteiger partial charge in [0.1, 0.15) is 5.15 Å². The number of aryl methyl sites for hydroxylation is 1. The third-order valence-corrected chi connectivity index (χ3v) is 3.31. The molecule has 110 valence electrons. The van der Waals surface area contributed by atoms with Crippen LogP contribution in [0.3, 0.4) is 0 Å². The van der Waals surface area contributed by atoms with Gasteiger partial charge in [0.05, 0.1) is 6.10 Å². The molecule has 0 aliphatic rings. The minimum Gasteiger partial charge on any atom is -0.387 e. The SMILES string of the molecule is CCc1cc(C(=O)NCC(O)c2ccccc2)cc(Cl)n1. The second kappa shape index (κ2) is 7.20. The van der Waals surface area contributed by atoms with Crippen molar-refractivity contribution in [3.8, 4) is 0 Å². The highest BCUT2D eigenvalue weighted by Gasteiger charge is 2.12. The Balaban J connectivity index is 2.00. The Hall–Kier alpha value is -1.91. The van der Waals surface area contributed by atoms with Crippen molar-refractivity contribution in [1.29, 1.82) is 0 Å². The van der Waals surface area contributed by atoms with Crippen LogP contribution in [0.1, 0.15) is 34.6 Å². The molecule has 0 aliphatic carbocycles. The van der Waals surface area contributed by atoms with Crippen LogP contribution in [0.2, 0.25) is 5.15 Å². The summed E-state index contributed by atoms with van der Waals surface area (Å²) in [5.74, 6) is -0.274. The van der Waals surface area contributed by atoms with Crippen LogP contribution < -0.4 is 5.32 Å². The normalized spacial score (nSPS) is 12.0. The van der Waals surface area contributed by atoms with Crippen molar-refractivity contribution < 1.29 is 9.90 Å². The maximum absolute atomic E-state index is 12.1. The van der Waals surface area contributed by atoms with Gasteiger partial charge in [0.2, 0.25) is 0 Å². The van der Waals surface area contributed by atoms with Crippen LogP contribution >= 0.6 is 11.6 Å². The molecule has 2 rings (SSSR count). The fraction of sp³-hybridized carbons (Fsp3) is 0.250. The van der Waals surface area contributed by atoms with Gasteiger partial charge in [-0.2, -0.15) is 0 Å². The van der Waals surface area contributed by atoms with Crippen molar-refractivity contribution in [1.82, 2.24) is 10.3 Å². The molecule has 4 nitrogen and oxygen atoms in total. The van der Waals surface area contributed by atoms with Gasteiger partial charge in [-0.1, -0.05) is 48.9 Å². The van der Waals surface area contributed by atoms with E-state index in [1.54, 1.807) is 6.07 Å². The maximum Gasteiger partial charge on any atom is 0.251 e. The second-order valence-corrected chi connectivity index (χ2v) is 5.05. The second-order valence-electron chi connectivity index (χ2n) is 4.66. The van der Waals surface area contributed by atoms with Gasteiger partial charge in [0, 0.05) is 17.8 Å². The quantitative estimate of drug-likeness (QED) is 0.835. The summed E-state index contributed by atoms with van der Waals surface area (Å²) in [6.45, 7) is 2.09. The molecular weight excluding hydrogens is 288 g/mol. The number of pyridine rings is 1. The third-order valence-electron chi connectivity index (χ3n) is 3.11. The molecule has 2 aromatic rings. The monoisotopic (exact) mass is 304 g/mol. The number of aliphatic hydroxyl groups excluding tert-OH is 1. The van der Waals surface area contributed by atoms with E-state index in [-0.39, 0.29) is 12.5 Å². The largest absolute Gasteiger partial charge is 0.387 e. The maximum atomic E-state index is 12.1. The number of halogens is 1. The molecule has 0 spiro atoms. The first-order chi connectivity index (χ1) is 10.1. The van der Waals surface area contributed by atoms with Crippen molar-refractivity contribution in [3.05, 3.63) is 64.4 Å². The smallest absolute Gasteiger partial charge is 0.251 e. The molecule has 0 bridgehead atoms. The number of hydrogen-bond donors (Lipinski definition) is 2. The van der Waals surface area contributed by atoms with Gasteiger partial charge in [0.15, 0.2) is 0 Å². The Kier molecular flexibility index (Phi) is 5.31. The van der Waals surface area contributed by atoms with Gasteiger partial charge in [-0.15, -0.1) is 0 Å². The summed E-state index contributed by atoms with van der Waals surface area (Å²) in [5.41, 5.74) is 1.98. The zero-order valence-corrected chi connectivity index (χ0v) is 12.5. The van der Waals surface area contributed by atoms with E-state index >= 15 is 0 Å². The zero-order valence-electron chi connectivity index (χ0n) is 11.7. The van der Waals surface area contributed by atoms with Crippen LogP contribution in [0.15, 0.2) is 42.5 Å². The minimum absolute atomic E-state index is 0.143. The Morgan fingerprint density at radius 2 is 2.05 bits per heavy atom. The Morgan fingerprint density at radius 3 is 2.71 bits per heavy atom. The topological polar surface area (TPSA) is 62.2 Å². The van der Waals surface area contributed by atoms with Crippen molar-refractivity contribution in [3.63, 3.8) is 0 Å². The van der Waals surface area contributed by atoms with Crippen LogP contribution in [-0.4, -0.2) is 22.5 Å². The summed E-state index contributed by atoms with van der Waals surface area (Å²) in [6, 6.07) is 12.4. The van der Waals surface area contributed by atoms with E-state index in [2.05, 4.69) is 10.3 Å². The van der Waals surface area contributed by atoms with E-state index in [4.69, 9.17) is 11.6 Å². The first kappa shape index (κ1) is 15.5. The summed E-state index contributed by atoms with van der Waals surface area (Å²) in [5, 5.41) is 13.0. The summed E-state index contributed by atoms with van der Waals surface area (Å²) < 4.78 is 0. The average molecular weight is 305 g/mol. The number of hydrogen-bond acceptors (Lipinski definition) is 3. The van der Waals surface area contributed by atoms with Crippen molar-refractivity contribution in [2.45, 2.75) is 19.4 Å². The van der Waals surface area contributed by atoms with Crippen LogP contribution in [0.4, 0.5) is 0 Å². The van der Waals surface area contributed by atoms with E-state index in [0.717, 1.165) is 11.3 Å². The first-order valence-corrected chi connectivity index (χ1v) is 7.15. The standard InChI is InChI=1S/C16H17ClN2O2/c1-2-13-8-12(9-15(17)19-13)16(21)18-10-14(20)11-6-4-3-5-7-11/h3-9,14,20H,2,10H2,1H3,(H,18,21). The van der Waals surface area contributed by atoms with E-state index in [0.29, 0.717) is 17.1 Å². The van der Waals surface area contributed by atoms with Crippen molar-refractivity contribution in [2.75, 3.05) is 6.54 Å². The number of rotatable bonds is 5. The summed E-state index contributed by atoms with van der Waals surface area (Å²) in [6.07, 6.45) is -0.0360. The van der Waals surface area contributed by atoms with Crippen LogP contribution in [0, 0.1) is 0 Å². The summed E-state index contributed by atoms with van der Waals surface area (Å²) >= 11 is 5.89. The highest BCUT2D eigenvalue weighted by molar-refractivity contribution is 6.29. The van der Waals surface area contributed by atoms with Gasteiger partial charge in [-0.05, 0) is 24.1 Å². The Labute approximate surface area is 128 Å². The van der Waals surface area contributed by atoms with E-state index < -0.39 is 6.10 Å². The number of nitrogens with one attached hydrogen (secondary N) is 1. The number of amides is 1. The molecule has 2 N–H and O–H groups in total. The Morgan fingerprint density at radius 1 is 1.33 bits per heavy atom. The minimum atomic E-state index is -0.738. The lowest BCUT2D eigenvalue weighted by Crippen LogP contribution is -2.28. The van der Waals surface area contributed by atoms with E-state index in [1.807, 2.05) is 37.3 Å². The number of carbonyl (C=O) groups excluding carboxylic acids is 1. The lowest BCUT2D eigenvalue weighted by Gasteiger charge is -2.12. The molecule has 1 atom stereocenters. The number of aromatic nitrogens is 1. The molecule has 0 aliphatic heterocycles. The molecule has 5 heteroatoms. The lowest BCUT2D eigenvalue weighted by molar-refractivity contribution is 0.0916. The van der Waals surface area contributed by atoms with Gasteiger partial charge < -0.3 is 10.4 Å². The molecular formula is C16H17ClN2O2. The molecule has 1 unspecified atom stereocenters. The fourth-order valence-electron chi connectivity index (χ4n) is 1.95. The highest BCUT2D eigenvalue weighted by atomic mass is 35.5. The lowest BCUT2D eigenvalue weighted by atomic mass is 10.1. The highest BCUT2D eigenvalue weighted by Crippen LogP contribution is 2.13. The Bertz CT molecular complexity index is 617. The molecule has 0 saturated carbocycles. The molecule has 0 saturated heterocycles. The van der Waals surface area contributed by atoms with Crippen molar-refractivity contribution >= 4 is 17.5 Å². The summed E-state index contributed by atoms with van der Waals surface area (Å²) in [4.78, 5) is 16.2. The van der Waals surface area contributed by atoms with E-state index in [9.17, 15) is 9.90 Å². The van der Waals surface area contributed by atoms with Crippen LogP contribution in [0.25, 0.3) is 0 Å². The third kappa shape index (κ3) is 4.28. The zero-order chi connectivity index (χ0) is 15.2. The average Bonchev–Trinajstić information content (AvgIpc) is 2.52. The molecule has 0 radical (unpaired) electrons. The van der Waals surface area contributed by atoms with Gasteiger partial charge in [-0.25, -0.2) is 4.98 Å². The molecule has 1 amide bonds. The predicted molar refractivity (Wildman–Crippen MR) is 82.4 cm³/mol. The number of nitrogens with zero attached hydrogens (tertiary/aromatic N) is 1. The number of carbonyl (C=O) groups is 1. The molecule has 1 aromatic heterocycles. The molecule has 1 heterocycles. The molecule has 0 fully saturated rings. The van der Waals surface area contributed by atoms with E-state index in [1.165, 1.54) is 6.07 Å². The van der Waals surface area contributed by atoms with Gasteiger partial charge in [-0.3, -0.25) is 4.79 Å². The van der Waals surface area contributed by atoms with Crippen molar-refractivity contribution in [2.24, 2.45) is 0 Å². The van der Waals surface area contributed by atoms with Gasteiger partial charge in [0.25, 0.3) is 5.91 Å². The van der Waals surface area contributed by atoms with Gasteiger partial charge >= 0.3 is 0 Å². The fourth-order valence-corrected chi connectivity index (χ4v) is 2.17.